The summed E-state index contributed by atoms with van der Waals surface area (Å²) in [5, 5.41) is 11.6. The van der Waals surface area contributed by atoms with Crippen molar-refractivity contribution in [1.29, 1.82) is 0 Å². The van der Waals surface area contributed by atoms with E-state index in [-0.39, 0.29) is 5.95 Å². The van der Waals surface area contributed by atoms with Crippen LogP contribution in [0.5, 0.6) is 0 Å². The van der Waals surface area contributed by atoms with Crippen molar-refractivity contribution in [2.75, 3.05) is 24.7 Å². The van der Waals surface area contributed by atoms with E-state index in [0.29, 0.717) is 24.4 Å². The molecule has 1 fully saturated rings. The minimum Gasteiger partial charge on any atom is -0.368 e. The summed E-state index contributed by atoms with van der Waals surface area (Å²) in [6.07, 6.45) is 4.40. The highest BCUT2D eigenvalue weighted by Crippen LogP contribution is 2.18. The second kappa shape index (κ2) is 5.60. The smallest absolute Gasteiger partial charge is 0.229 e. The van der Waals surface area contributed by atoms with E-state index in [1.165, 1.54) is 12.8 Å². The van der Waals surface area contributed by atoms with Gasteiger partial charge in [0.1, 0.15) is 6.54 Å². The number of aromatic nitrogens is 6. The Hall–Kier alpha value is -2.29. The Bertz CT molecular complexity index is 617. The molecule has 112 valence electrons. The largest absolute Gasteiger partial charge is 0.368 e. The first kappa shape index (κ1) is 13.7. The van der Waals surface area contributed by atoms with Gasteiger partial charge in [-0.1, -0.05) is 5.21 Å². The standard InChI is InChI=1S/C12H19N9/c1-20(2)12-16-10(15-11(13)17-12)7-21-6-9(18-19-21)5-14-8-3-4-8/h6,8,14H,3-5,7H2,1-2H3,(H2,13,15,16,17). The number of hydrogen-bond acceptors (Lipinski definition) is 8. The summed E-state index contributed by atoms with van der Waals surface area (Å²) in [5.74, 6) is 1.31. The normalized spacial score (nSPS) is 14.4. The first-order valence-electron chi connectivity index (χ1n) is 6.90. The lowest BCUT2D eigenvalue weighted by Gasteiger charge is -2.11. The number of nitrogens with one attached hydrogen (secondary N) is 1. The van der Waals surface area contributed by atoms with Crippen molar-refractivity contribution in [2.45, 2.75) is 32.0 Å². The summed E-state index contributed by atoms with van der Waals surface area (Å²) in [7, 11) is 3.71. The summed E-state index contributed by atoms with van der Waals surface area (Å²) in [6.45, 7) is 1.16. The molecule has 2 aromatic heterocycles. The maximum atomic E-state index is 5.70. The molecule has 0 unspecified atom stereocenters. The van der Waals surface area contributed by atoms with Crippen LogP contribution < -0.4 is 16.0 Å². The van der Waals surface area contributed by atoms with Gasteiger partial charge in [0.2, 0.25) is 11.9 Å². The highest BCUT2D eigenvalue weighted by molar-refractivity contribution is 5.32. The molecule has 0 radical (unpaired) electrons. The maximum absolute atomic E-state index is 5.70. The molecule has 0 aliphatic heterocycles. The highest BCUT2D eigenvalue weighted by Gasteiger charge is 2.20. The van der Waals surface area contributed by atoms with Gasteiger partial charge in [0, 0.05) is 26.7 Å². The molecule has 1 aliphatic rings. The van der Waals surface area contributed by atoms with E-state index in [9.17, 15) is 0 Å². The Morgan fingerprint density at radius 3 is 2.86 bits per heavy atom. The topological polar surface area (TPSA) is 111 Å². The van der Waals surface area contributed by atoms with Crippen LogP contribution in [0.15, 0.2) is 6.20 Å². The van der Waals surface area contributed by atoms with E-state index in [1.54, 1.807) is 9.58 Å². The van der Waals surface area contributed by atoms with Crippen LogP contribution in [0.1, 0.15) is 24.4 Å². The minimum absolute atomic E-state index is 0.208. The minimum atomic E-state index is 0.208. The fourth-order valence-corrected chi connectivity index (χ4v) is 1.87. The van der Waals surface area contributed by atoms with E-state index in [1.807, 2.05) is 20.3 Å². The van der Waals surface area contributed by atoms with Crippen molar-refractivity contribution in [2.24, 2.45) is 0 Å². The van der Waals surface area contributed by atoms with E-state index in [2.05, 4.69) is 30.6 Å². The SMILES string of the molecule is CN(C)c1nc(N)nc(Cn2cc(CNC3CC3)nn2)n1. The van der Waals surface area contributed by atoms with Gasteiger partial charge < -0.3 is 16.0 Å². The van der Waals surface area contributed by atoms with Gasteiger partial charge in [-0.2, -0.15) is 15.0 Å². The molecule has 0 bridgehead atoms. The number of nitrogen functional groups attached to an aromatic ring is 1. The lowest BCUT2D eigenvalue weighted by Crippen LogP contribution is -2.17. The number of hydrogen-bond donors (Lipinski definition) is 2. The van der Waals surface area contributed by atoms with E-state index < -0.39 is 0 Å². The molecule has 0 aromatic carbocycles. The van der Waals surface area contributed by atoms with Gasteiger partial charge >= 0.3 is 0 Å². The van der Waals surface area contributed by atoms with Gasteiger partial charge in [0.15, 0.2) is 5.82 Å². The average Bonchev–Trinajstić information content (AvgIpc) is 3.16. The lowest BCUT2D eigenvalue weighted by atomic mass is 10.4. The van der Waals surface area contributed by atoms with Crippen molar-refractivity contribution in [3.63, 3.8) is 0 Å². The molecule has 3 N–H and O–H groups in total. The molecule has 9 nitrogen and oxygen atoms in total. The number of nitrogens with zero attached hydrogens (tertiary/aromatic N) is 7. The van der Waals surface area contributed by atoms with Crippen LogP contribution in [-0.4, -0.2) is 50.1 Å². The van der Waals surface area contributed by atoms with Gasteiger partial charge in [-0.15, -0.1) is 5.10 Å². The number of rotatable bonds is 6. The third-order valence-corrected chi connectivity index (χ3v) is 3.13. The molecule has 2 aromatic rings. The molecule has 21 heavy (non-hydrogen) atoms. The summed E-state index contributed by atoms with van der Waals surface area (Å²) >= 11 is 0. The molecule has 1 saturated carbocycles. The van der Waals surface area contributed by atoms with Gasteiger partial charge in [-0.25, -0.2) is 4.68 Å². The van der Waals surface area contributed by atoms with Crippen LogP contribution >= 0.6 is 0 Å². The van der Waals surface area contributed by atoms with E-state index >= 15 is 0 Å². The number of anilines is 2. The van der Waals surface area contributed by atoms with Crippen molar-refractivity contribution in [3.8, 4) is 0 Å². The second-order valence-electron chi connectivity index (χ2n) is 5.37. The van der Waals surface area contributed by atoms with Crippen molar-refractivity contribution in [3.05, 3.63) is 17.7 Å². The van der Waals surface area contributed by atoms with Crippen LogP contribution in [0.25, 0.3) is 0 Å². The first-order valence-corrected chi connectivity index (χ1v) is 6.90. The molecule has 0 atom stereocenters. The van der Waals surface area contributed by atoms with Gasteiger partial charge in [-0.3, -0.25) is 0 Å². The molecule has 1 aliphatic carbocycles. The third kappa shape index (κ3) is 3.63. The predicted octanol–water partition coefficient (Wildman–Crippen LogP) is -0.588. The Balaban J connectivity index is 1.67. The Morgan fingerprint density at radius 2 is 2.14 bits per heavy atom. The lowest BCUT2D eigenvalue weighted by molar-refractivity contribution is 0.621. The fourth-order valence-electron chi connectivity index (χ4n) is 1.87. The molecule has 9 heteroatoms. The second-order valence-corrected chi connectivity index (χ2v) is 5.37. The molecule has 0 saturated heterocycles. The first-order chi connectivity index (χ1) is 10.1. The quantitative estimate of drug-likeness (QED) is 0.726. The van der Waals surface area contributed by atoms with Crippen molar-refractivity contribution < 1.29 is 0 Å². The fraction of sp³-hybridized carbons (Fsp3) is 0.583. The zero-order valence-electron chi connectivity index (χ0n) is 12.2. The highest BCUT2D eigenvalue weighted by atomic mass is 15.4. The van der Waals surface area contributed by atoms with Crippen molar-refractivity contribution >= 4 is 11.9 Å². The zero-order chi connectivity index (χ0) is 14.8. The summed E-state index contributed by atoms with van der Waals surface area (Å²) in [4.78, 5) is 14.3. The summed E-state index contributed by atoms with van der Waals surface area (Å²) < 4.78 is 1.71. The molecular weight excluding hydrogens is 270 g/mol. The molecule has 0 amide bonds. The maximum Gasteiger partial charge on any atom is 0.229 e. The van der Waals surface area contributed by atoms with Crippen LogP contribution in [-0.2, 0) is 13.1 Å². The van der Waals surface area contributed by atoms with Crippen molar-refractivity contribution in [1.82, 2.24) is 35.3 Å². The number of nitrogens with two attached hydrogens (primary N) is 1. The Kier molecular flexibility index (Phi) is 3.65. The van der Waals surface area contributed by atoms with Gasteiger partial charge in [-0.05, 0) is 12.8 Å². The molecule has 0 spiro atoms. The Morgan fingerprint density at radius 1 is 1.33 bits per heavy atom. The zero-order valence-corrected chi connectivity index (χ0v) is 12.2. The van der Waals surface area contributed by atoms with Crippen LogP contribution in [0.4, 0.5) is 11.9 Å². The van der Waals surface area contributed by atoms with Crippen LogP contribution in [0.2, 0.25) is 0 Å². The van der Waals surface area contributed by atoms with Gasteiger partial charge in [0.25, 0.3) is 0 Å². The molecular formula is C12H19N9. The van der Waals surface area contributed by atoms with E-state index in [4.69, 9.17) is 5.73 Å². The Labute approximate surface area is 122 Å². The third-order valence-electron chi connectivity index (χ3n) is 3.13. The monoisotopic (exact) mass is 289 g/mol. The molecule has 3 rings (SSSR count). The predicted molar refractivity (Wildman–Crippen MR) is 77.6 cm³/mol. The van der Waals surface area contributed by atoms with E-state index in [0.717, 1.165) is 12.2 Å². The van der Waals surface area contributed by atoms with Crippen LogP contribution in [0, 0.1) is 0 Å². The van der Waals surface area contributed by atoms with Gasteiger partial charge in [0.05, 0.1) is 11.9 Å². The summed E-state index contributed by atoms with van der Waals surface area (Å²) in [5.41, 5.74) is 6.61. The molecule has 2 heterocycles. The van der Waals surface area contributed by atoms with Crippen LogP contribution in [0.3, 0.4) is 0 Å². The average molecular weight is 289 g/mol. The summed E-state index contributed by atoms with van der Waals surface area (Å²) in [6, 6.07) is 0.654.